The van der Waals surface area contributed by atoms with Crippen LogP contribution in [0.1, 0.15) is 24.2 Å². The van der Waals surface area contributed by atoms with Crippen molar-refractivity contribution in [2.24, 2.45) is 0 Å². The smallest absolute Gasteiger partial charge is 0.253 e. The molecule has 0 aliphatic rings. The van der Waals surface area contributed by atoms with Crippen LogP contribution in [0.25, 0.3) is 0 Å². The van der Waals surface area contributed by atoms with E-state index in [1.807, 2.05) is 38.1 Å². The number of carbonyl (C=O) groups excluding carboxylic acids is 1. The highest BCUT2D eigenvalue weighted by Gasteiger charge is 2.06. The van der Waals surface area contributed by atoms with Crippen molar-refractivity contribution in [3.63, 3.8) is 0 Å². The molecule has 1 aromatic heterocycles. The Hall–Kier alpha value is -2.82. The van der Waals surface area contributed by atoms with Crippen LogP contribution in [0.2, 0.25) is 0 Å². The van der Waals surface area contributed by atoms with Gasteiger partial charge in [0, 0.05) is 18.4 Å². The number of nitrogens with zero attached hydrogens (tertiary/aromatic N) is 1. The highest BCUT2D eigenvalue weighted by Crippen LogP contribution is 2.20. The molecule has 2 N–H and O–H groups in total. The number of nitrogens with one attached hydrogen (secondary N) is 2. The number of carbonyl (C=O) groups is 1. The number of pyridine rings is 1. The maximum absolute atomic E-state index is 11.9. The van der Waals surface area contributed by atoms with Crippen LogP contribution < -0.4 is 15.4 Å². The largest absolute Gasteiger partial charge is 0.491 e. The molecule has 0 fully saturated rings. The van der Waals surface area contributed by atoms with Crippen molar-refractivity contribution in [2.45, 2.75) is 20.0 Å². The second-order valence-corrected chi connectivity index (χ2v) is 5.28. The minimum Gasteiger partial charge on any atom is -0.491 e. The lowest BCUT2D eigenvalue weighted by molar-refractivity contribution is 0.0957. The first kappa shape index (κ1) is 16.5. The monoisotopic (exact) mass is 311 g/mol. The molecule has 1 amide bonds. The second kappa shape index (κ2) is 7.98. The first-order valence-electron chi connectivity index (χ1n) is 7.46. The molecule has 0 saturated carbocycles. The zero-order chi connectivity index (χ0) is 16.7. The fraction of sp³-hybridized carbons (Fsp3) is 0.222. The molecule has 1 aromatic carbocycles. The van der Waals surface area contributed by atoms with E-state index in [-0.39, 0.29) is 12.0 Å². The molecule has 0 bridgehead atoms. The van der Waals surface area contributed by atoms with Gasteiger partial charge in [-0.1, -0.05) is 6.08 Å². The van der Waals surface area contributed by atoms with Crippen molar-refractivity contribution in [1.29, 1.82) is 0 Å². The summed E-state index contributed by atoms with van der Waals surface area (Å²) in [6.45, 7) is 7.97. The van der Waals surface area contributed by atoms with Gasteiger partial charge in [-0.3, -0.25) is 9.78 Å². The van der Waals surface area contributed by atoms with Gasteiger partial charge in [0.1, 0.15) is 5.75 Å². The summed E-state index contributed by atoms with van der Waals surface area (Å²) in [6.07, 6.45) is 4.98. The van der Waals surface area contributed by atoms with Crippen molar-refractivity contribution in [3.05, 3.63) is 60.9 Å². The summed E-state index contributed by atoms with van der Waals surface area (Å²) in [5.74, 6) is 0.642. The Labute approximate surface area is 136 Å². The molecule has 120 valence electrons. The normalized spacial score (nSPS) is 10.2. The van der Waals surface area contributed by atoms with Crippen LogP contribution >= 0.6 is 0 Å². The number of benzene rings is 1. The van der Waals surface area contributed by atoms with Gasteiger partial charge in [-0.25, -0.2) is 0 Å². The quantitative estimate of drug-likeness (QED) is 0.768. The third-order valence-electron chi connectivity index (χ3n) is 2.92. The molecular weight excluding hydrogens is 290 g/mol. The molecule has 5 heteroatoms. The van der Waals surface area contributed by atoms with Crippen LogP contribution in [0.3, 0.4) is 0 Å². The first-order valence-corrected chi connectivity index (χ1v) is 7.46. The van der Waals surface area contributed by atoms with Gasteiger partial charge in [-0.2, -0.15) is 0 Å². The minimum absolute atomic E-state index is 0.142. The van der Waals surface area contributed by atoms with Gasteiger partial charge in [0.05, 0.1) is 23.6 Å². The van der Waals surface area contributed by atoms with Crippen LogP contribution in [0, 0.1) is 0 Å². The van der Waals surface area contributed by atoms with Crippen molar-refractivity contribution >= 4 is 17.3 Å². The zero-order valence-corrected chi connectivity index (χ0v) is 13.4. The summed E-state index contributed by atoms with van der Waals surface area (Å²) < 4.78 is 5.61. The van der Waals surface area contributed by atoms with E-state index in [9.17, 15) is 4.79 Å². The Morgan fingerprint density at radius 1 is 1.26 bits per heavy atom. The topological polar surface area (TPSA) is 63.2 Å². The SMILES string of the molecule is C=CCNC(=O)c1cncc(Nc2ccc(OC(C)C)cc2)c1. The highest BCUT2D eigenvalue weighted by atomic mass is 16.5. The maximum Gasteiger partial charge on any atom is 0.253 e. The van der Waals surface area contributed by atoms with Gasteiger partial charge in [0.15, 0.2) is 0 Å². The maximum atomic E-state index is 11.9. The van der Waals surface area contributed by atoms with E-state index < -0.39 is 0 Å². The molecule has 5 nitrogen and oxygen atoms in total. The molecule has 1 heterocycles. The summed E-state index contributed by atoms with van der Waals surface area (Å²) in [6, 6.07) is 9.39. The van der Waals surface area contributed by atoms with Gasteiger partial charge in [-0.15, -0.1) is 6.58 Å². The Bertz CT molecular complexity index is 666. The van der Waals surface area contributed by atoms with Crippen LogP contribution in [-0.2, 0) is 0 Å². The summed E-state index contributed by atoms with van der Waals surface area (Å²) in [5.41, 5.74) is 2.14. The predicted molar refractivity (Wildman–Crippen MR) is 92.3 cm³/mol. The highest BCUT2D eigenvalue weighted by molar-refractivity contribution is 5.94. The summed E-state index contributed by atoms with van der Waals surface area (Å²) in [4.78, 5) is 16.0. The summed E-state index contributed by atoms with van der Waals surface area (Å²) in [5, 5.41) is 5.94. The molecule has 2 aromatic rings. The number of anilines is 2. The Kier molecular flexibility index (Phi) is 5.74. The molecule has 0 aliphatic carbocycles. The standard InChI is InChI=1S/C18H21N3O2/c1-4-9-20-18(22)14-10-16(12-19-11-14)21-15-5-7-17(8-6-15)23-13(2)3/h4-8,10-13,21H,1,9H2,2-3H3,(H,20,22). The summed E-state index contributed by atoms with van der Waals surface area (Å²) in [7, 11) is 0. The van der Waals surface area contributed by atoms with E-state index in [2.05, 4.69) is 22.2 Å². The third-order valence-corrected chi connectivity index (χ3v) is 2.92. The first-order chi connectivity index (χ1) is 11.1. The Morgan fingerprint density at radius 3 is 2.65 bits per heavy atom. The fourth-order valence-electron chi connectivity index (χ4n) is 1.96. The molecule has 0 radical (unpaired) electrons. The van der Waals surface area contributed by atoms with Crippen molar-refractivity contribution in [1.82, 2.24) is 10.3 Å². The average Bonchev–Trinajstić information content (AvgIpc) is 2.54. The molecule has 0 spiro atoms. The molecule has 0 saturated heterocycles. The lowest BCUT2D eigenvalue weighted by atomic mass is 10.2. The molecule has 0 aliphatic heterocycles. The fourth-order valence-corrected chi connectivity index (χ4v) is 1.96. The van der Waals surface area contributed by atoms with Gasteiger partial charge >= 0.3 is 0 Å². The molecule has 0 atom stereocenters. The Morgan fingerprint density at radius 2 is 2.00 bits per heavy atom. The number of rotatable bonds is 7. The molecule has 0 unspecified atom stereocenters. The van der Waals surface area contributed by atoms with Gasteiger partial charge in [0.25, 0.3) is 5.91 Å². The van der Waals surface area contributed by atoms with Gasteiger partial charge < -0.3 is 15.4 Å². The number of hydrogen-bond acceptors (Lipinski definition) is 4. The Balaban J connectivity index is 2.05. The lowest BCUT2D eigenvalue weighted by Gasteiger charge is -2.11. The second-order valence-electron chi connectivity index (χ2n) is 5.28. The van der Waals surface area contributed by atoms with E-state index in [1.165, 1.54) is 6.20 Å². The van der Waals surface area contributed by atoms with E-state index in [0.29, 0.717) is 12.1 Å². The predicted octanol–water partition coefficient (Wildman–Crippen LogP) is 3.53. The number of amides is 1. The third kappa shape index (κ3) is 5.14. The number of hydrogen-bond donors (Lipinski definition) is 2. The van der Waals surface area contributed by atoms with Crippen LogP contribution in [0.15, 0.2) is 55.4 Å². The lowest BCUT2D eigenvalue weighted by Crippen LogP contribution is -2.23. The van der Waals surface area contributed by atoms with E-state index in [1.54, 1.807) is 18.3 Å². The number of aromatic nitrogens is 1. The van der Waals surface area contributed by atoms with E-state index in [4.69, 9.17) is 4.74 Å². The molecule has 2 rings (SSSR count). The summed E-state index contributed by atoms with van der Waals surface area (Å²) >= 11 is 0. The molecule has 23 heavy (non-hydrogen) atoms. The minimum atomic E-state index is -0.179. The number of ether oxygens (including phenoxy) is 1. The van der Waals surface area contributed by atoms with Gasteiger partial charge in [0.2, 0.25) is 0 Å². The van der Waals surface area contributed by atoms with E-state index >= 15 is 0 Å². The van der Waals surface area contributed by atoms with Crippen LogP contribution in [0.5, 0.6) is 5.75 Å². The van der Waals surface area contributed by atoms with Crippen molar-refractivity contribution in [3.8, 4) is 5.75 Å². The van der Waals surface area contributed by atoms with E-state index in [0.717, 1.165) is 17.1 Å². The van der Waals surface area contributed by atoms with Crippen LogP contribution in [0.4, 0.5) is 11.4 Å². The molecular formula is C18H21N3O2. The average molecular weight is 311 g/mol. The van der Waals surface area contributed by atoms with Crippen LogP contribution in [-0.4, -0.2) is 23.5 Å². The van der Waals surface area contributed by atoms with Gasteiger partial charge in [-0.05, 0) is 44.2 Å². The zero-order valence-electron chi connectivity index (χ0n) is 13.4. The van der Waals surface area contributed by atoms with Crippen molar-refractivity contribution < 1.29 is 9.53 Å². The van der Waals surface area contributed by atoms with Crippen molar-refractivity contribution in [2.75, 3.05) is 11.9 Å².